The van der Waals surface area contributed by atoms with Gasteiger partial charge in [0.1, 0.15) is 5.01 Å². The second kappa shape index (κ2) is 8.67. The Morgan fingerprint density at radius 1 is 0.828 bits per heavy atom. The van der Waals surface area contributed by atoms with Gasteiger partial charge in [-0.15, -0.1) is 11.3 Å². The number of nitrogens with one attached hydrogen (secondary N) is 2. The Hall–Kier alpha value is -3.51. The summed E-state index contributed by atoms with van der Waals surface area (Å²) in [4.78, 5) is 28.7. The Morgan fingerprint density at radius 3 is 2.31 bits per heavy atom. The zero-order valence-corrected chi connectivity index (χ0v) is 16.4. The van der Waals surface area contributed by atoms with Gasteiger partial charge in [0, 0.05) is 5.69 Å². The van der Waals surface area contributed by atoms with E-state index in [9.17, 15) is 9.59 Å². The van der Waals surface area contributed by atoms with Crippen molar-refractivity contribution in [1.82, 2.24) is 10.3 Å². The number of nitrogens with zero attached hydrogens (tertiary/aromatic N) is 1. The molecule has 0 bridgehead atoms. The summed E-state index contributed by atoms with van der Waals surface area (Å²) in [7, 11) is 0. The molecule has 1 heterocycles. The molecular weight excluding hydrogens is 382 g/mol. The minimum atomic E-state index is -0.263. The molecular formula is C23H19N3O2S. The van der Waals surface area contributed by atoms with E-state index in [0.29, 0.717) is 5.69 Å². The summed E-state index contributed by atoms with van der Waals surface area (Å²) < 4.78 is 1.04. The lowest BCUT2D eigenvalue weighted by Gasteiger charge is -2.06. The summed E-state index contributed by atoms with van der Waals surface area (Å²) in [5, 5.41) is 6.11. The van der Waals surface area contributed by atoms with E-state index in [1.54, 1.807) is 12.1 Å². The fourth-order valence-electron chi connectivity index (χ4n) is 2.96. The number of carbonyl (C=O) groups is 2. The average Bonchev–Trinajstić information content (AvgIpc) is 3.15. The van der Waals surface area contributed by atoms with E-state index in [1.165, 1.54) is 11.3 Å². The smallest absolute Gasteiger partial charge is 0.243 e. The molecule has 2 N–H and O–H groups in total. The molecule has 0 aliphatic rings. The van der Waals surface area contributed by atoms with Crippen LogP contribution in [-0.4, -0.2) is 23.3 Å². The molecule has 144 valence electrons. The molecule has 0 saturated carbocycles. The number of carbonyl (C=O) groups excluding carboxylic acids is 2. The molecule has 0 radical (unpaired) electrons. The van der Waals surface area contributed by atoms with Crippen molar-refractivity contribution in [2.75, 3.05) is 11.9 Å². The topological polar surface area (TPSA) is 71.1 Å². The molecule has 2 amide bonds. The fraction of sp³-hybridized carbons (Fsp3) is 0.0870. The number of anilines is 1. The lowest BCUT2D eigenvalue weighted by molar-refractivity contribution is -0.123. The maximum absolute atomic E-state index is 12.2. The van der Waals surface area contributed by atoms with Gasteiger partial charge in [0.15, 0.2) is 0 Å². The summed E-state index contributed by atoms with van der Waals surface area (Å²) in [6, 6.07) is 25.4. The first-order chi connectivity index (χ1) is 14.2. The number of benzene rings is 3. The van der Waals surface area contributed by atoms with E-state index in [2.05, 4.69) is 33.8 Å². The molecule has 0 aliphatic heterocycles. The lowest BCUT2D eigenvalue weighted by atomic mass is 10.1. The highest BCUT2D eigenvalue weighted by Gasteiger charge is 2.11. The van der Waals surface area contributed by atoms with Gasteiger partial charge in [-0.05, 0) is 35.4 Å². The van der Waals surface area contributed by atoms with Gasteiger partial charge >= 0.3 is 0 Å². The van der Waals surface area contributed by atoms with Crippen LogP contribution in [-0.2, 0) is 16.0 Å². The number of hydrogen-bond acceptors (Lipinski definition) is 4. The third kappa shape index (κ3) is 4.86. The number of amides is 2. The number of hydrogen-bond donors (Lipinski definition) is 2. The summed E-state index contributed by atoms with van der Waals surface area (Å²) in [5.41, 5.74) is 3.84. The van der Waals surface area contributed by atoms with Crippen molar-refractivity contribution in [3.63, 3.8) is 0 Å². The molecule has 0 atom stereocenters. The number of thiazole rings is 1. The van der Waals surface area contributed by atoms with Crippen LogP contribution < -0.4 is 10.6 Å². The first-order valence-corrected chi connectivity index (χ1v) is 10.1. The van der Waals surface area contributed by atoms with E-state index in [1.807, 2.05) is 48.5 Å². The van der Waals surface area contributed by atoms with Crippen LogP contribution in [0.2, 0.25) is 0 Å². The van der Waals surface area contributed by atoms with E-state index in [-0.39, 0.29) is 24.8 Å². The van der Waals surface area contributed by atoms with Crippen molar-refractivity contribution >= 4 is 39.1 Å². The van der Waals surface area contributed by atoms with Gasteiger partial charge in [-0.2, -0.15) is 0 Å². The van der Waals surface area contributed by atoms with E-state index < -0.39 is 0 Å². The van der Waals surface area contributed by atoms with E-state index in [0.717, 1.165) is 26.4 Å². The summed E-state index contributed by atoms with van der Waals surface area (Å²) >= 11 is 1.50. The maximum atomic E-state index is 12.2. The van der Waals surface area contributed by atoms with Gasteiger partial charge in [-0.1, -0.05) is 54.6 Å². The van der Waals surface area contributed by atoms with Crippen LogP contribution in [0, 0.1) is 0 Å². The van der Waals surface area contributed by atoms with Crippen LogP contribution in [0.5, 0.6) is 0 Å². The molecule has 4 aromatic rings. The molecule has 3 aromatic carbocycles. The first kappa shape index (κ1) is 18.8. The van der Waals surface area contributed by atoms with Crippen LogP contribution >= 0.6 is 11.3 Å². The van der Waals surface area contributed by atoms with Crippen LogP contribution in [0.1, 0.15) is 5.01 Å². The lowest BCUT2D eigenvalue weighted by Crippen LogP contribution is -2.33. The molecule has 6 heteroatoms. The Labute approximate surface area is 172 Å². The second-order valence-corrected chi connectivity index (χ2v) is 7.64. The van der Waals surface area contributed by atoms with Crippen molar-refractivity contribution in [2.45, 2.75) is 6.42 Å². The van der Waals surface area contributed by atoms with Gasteiger partial charge in [0.25, 0.3) is 0 Å². The molecule has 0 unspecified atom stereocenters. The highest BCUT2D eigenvalue weighted by atomic mass is 32.1. The third-order valence-corrected chi connectivity index (χ3v) is 5.37. The van der Waals surface area contributed by atoms with E-state index >= 15 is 0 Å². The number of fused-ring (bicyclic) bond motifs is 1. The molecule has 0 saturated heterocycles. The summed E-state index contributed by atoms with van der Waals surface area (Å²) in [5.74, 6) is -0.489. The Balaban J connectivity index is 1.36. The highest BCUT2D eigenvalue weighted by Crippen LogP contribution is 2.28. The zero-order valence-electron chi connectivity index (χ0n) is 15.6. The van der Waals surface area contributed by atoms with Crippen molar-refractivity contribution in [3.05, 3.63) is 83.9 Å². The first-order valence-electron chi connectivity index (χ1n) is 9.24. The quantitative estimate of drug-likeness (QED) is 0.507. The number of para-hydroxylation sites is 1. The minimum Gasteiger partial charge on any atom is -0.347 e. The number of rotatable bonds is 6. The largest absolute Gasteiger partial charge is 0.347 e. The van der Waals surface area contributed by atoms with Crippen molar-refractivity contribution in [1.29, 1.82) is 0 Å². The summed E-state index contributed by atoms with van der Waals surface area (Å²) in [6.07, 6.45) is 0.151. The van der Waals surface area contributed by atoms with Crippen molar-refractivity contribution in [2.24, 2.45) is 0 Å². The standard InChI is InChI=1S/C23H19N3O2S/c27-21(24-15-22(28)25-18-9-5-2-6-10-18)14-23-26-19-12-11-17(13-20(19)29-23)16-7-3-1-4-8-16/h1-13H,14-15H2,(H,24,27)(H,25,28). The predicted molar refractivity (Wildman–Crippen MR) is 117 cm³/mol. The Morgan fingerprint density at radius 2 is 1.55 bits per heavy atom. The molecule has 0 spiro atoms. The Bertz CT molecular complexity index is 1140. The molecule has 0 fully saturated rings. The van der Waals surface area contributed by atoms with Gasteiger partial charge in [0.2, 0.25) is 11.8 Å². The van der Waals surface area contributed by atoms with Crippen LogP contribution in [0.25, 0.3) is 21.3 Å². The van der Waals surface area contributed by atoms with E-state index in [4.69, 9.17) is 0 Å². The van der Waals surface area contributed by atoms with Crippen molar-refractivity contribution in [3.8, 4) is 11.1 Å². The predicted octanol–water partition coefficient (Wildman–Crippen LogP) is 4.26. The maximum Gasteiger partial charge on any atom is 0.243 e. The fourth-order valence-corrected chi connectivity index (χ4v) is 3.97. The van der Waals surface area contributed by atoms with Gasteiger partial charge in [-0.3, -0.25) is 9.59 Å². The zero-order chi connectivity index (χ0) is 20.1. The Kier molecular flexibility index (Phi) is 5.63. The molecule has 5 nitrogen and oxygen atoms in total. The summed E-state index contributed by atoms with van der Waals surface area (Å²) in [6.45, 7) is -0.0726. The normalized spacial score (nSPS) is 10.6. The monoisotopic (exact) mass is 401 g/mol. The van der Waals surface area contributed by atoms with Gasteiger partial charge in [-0.25, -0.2) is 4.98 Å². The second-order valence-electron chi connectivity index (χ2n) is 6.52. The molecule has 0 aliphatic carbocycles. The minimum absolute atomic E-state index is 0.0726. The average molecular weight is 401 g/mol. The number of aromatic nitrogens is 1. The van der Waals surface area contributed by atoms with Crippen LogP contribution in [0.15, 0.2) is 78.9 Å². The third-order valence-electron chi connectivity index (χ3n) is 4.36. The van der Waals surface area contributed by atoms with Gasteiger partial charge < -0.3 is 10.6 Å². The molecule has 4 rings (SSSR count). The van der Waals surface area contributed by atoms with Crippen LogP contribution in [0.3, 0.4) is 0 Å². The highest BCUT2D eigenvalue weighted by molar-refractivity contribution is 7.18. The van der Waals surface area contributed by atoms with Crippen LogP contribution in [0.4, 0.5) is 5.69 Å². The molecule has 29 heavy (non-hydrogen) atoms. The molecule has 1 aromatic heterocycles. The SMILES string of the molecule is O=C(Cc1nc2ccc(-c3ccccc3)cc2s1)NCC(=O)Nc1ccccc1. The van der Waals surface area contributed by atoms with Crippen molar-refractivity contribution < 1.29 is 9.59 Å². The van der Waals surface area contributed by atoms with Gasteiger partial charge in [0.05, 0.1) is 23.2 Å².